The molecule has 0 unspecified atom stereocenters. The van der Waals surface area contributed by atoms with Crippen LogP contribution in [0.3, 0.4) is 0 Å². The Labute approximate surface area is 189 Å². The second-order valence-corrected chi connectivity index (χ2v) is 7.49. The molecule has 1 aromatic heterocycles. The minimum Gasteiger partial charge on any atom is -0.493 e. The molecule has 0 aliphatic heterocycles. The van der Waals surface area contributed by atoms with Crippen LogP contribution in [0, 0.1) is 0 Å². The molecule has 3 aromatic rings. The van der Waals surface area contributed by atoms with E-state index >= 15 is 0 Å². The highest BCUT2D eigenvalue weighted by atomic mass is 32.1. The number of nitrogens with one attached hydrogen (secondary N) is 2. The summed E-state index contributed by atoms with van der Waals surface area (Å²) in [4.78, 5) is 40.1. The summed E-state index contributed by atoms with van der Waals surface area (Å²) in [5.41, 5.74) is 2.27. The second kappa shape index (κ2) is 11.6. The van der Waals surface area contributed by atoms with Gasteiger partial charge in [-0.3, -0.25) is 14.9 Å². The molecule has 0 aliphatic rings. The van der Waals surface area contributed by atoms with Crippen LogP contribution in [0.15, 0.2) is 60.0 Å². The number of carbonyl (C=O) groups excluding carboxylic acids is 3. The van der Waals surface area contributed by atoms with E-state index < -0.39 is 24.5 Å². The van der Waals surface area contributed by atoms with Gasteiger partial charge in [-0.2, -0.15) is 0 Å². The van der Waals surface area contributed by atoms with E-state index in [-0.39, 0.29) is 13.0 Å². The Balaban J connectivity index is 1.43. The minimum atomic E-state index is -0.714. The lowest BCUT2D eigenvalue weighted by Crippen LogP contribution is -2.41. The maximum Gasteiger partial charge on any atom is 0.321 e. The van der Waals surface area contributed by atoms with E-state index in [1.807, 2.05) is 61.5 Å². The molecule has 0 fully saturated rings. The number of ether oxygens (including phenoxy) is 2. The van der Waals surface area contributed by atoms with Gasteiger partial charge < -0.3 is 14.8 Å². The van der Waals surface area contributed by atoms with E-state index in [0.717, 1.165) is 21.9 Å². The fourth-order valence-electron chi connectivity index (χ4n) is 2.77. The number of nitrogens with zero attached hydrogens (tertiary/aromatic N) is 1. The summed E-state index contributed by atoms with van der Waals surface area (Å²) in [5.74, 6) is -0.603. The lowest BCUT2D eigenvalue weighted by atomic mass is 10.2. The molecule has 0 saturated heterocycles. The van der Waals surface area contributed by atoms with Crippen molar-refractivity contribution < 1.29 is 23.9 Å². The first-order valence-electron chi connectivity index (χ1n) is 9.99. The molecule has 2 aromatic carbocycles. The van der Waals surface area contributed by atoms with Gasteiger partial charge in [-0.25, -0.2) is 9.78 Å². The van der Waals surface area contributed by atoms with Crippen LogP contribution in [0.2, 0.25) is 0 Å². The molecule has 32 heavy (non-hydrogen) atoms. The van der Waals surface area contributed by atoms with Crippen LogP contribution in [0.4, 0.5) is 4.79 Å². The largest absolute Gasteiger partial charge is 0.493 e. The van der Waals surface area contributed by atoms with Crippen LogP contribution in [0.5, 0.6) is 5.75 Å². The standard InChI is InChI=1S/C23H23N3O5S/c1-2-30-19-11-7-6-10-18(19)22-25-17(15-32-22)12-21(28)31-14-20(27)26-23(29)24-13-16-8-4-3-5-9-16/h3-11,15H,2,12-14H2,1H3,(H2,24,26,27,29). The lowest BCUT2D eigenvalue weighted by Gasteiger charge is -2.07. The topological polar surface area (TPSA) is 107 Å². The average molecular weight is 454 g/mol. The van der Waals surface area contributed by atoms with Crippen molar-refractivity contribution in [3.63, 3.8) is 0 Å². The van der Waals surface area contributed by atoms with Crippen molar-refractivity contribution in [3.8, 4) is 16.3 Å². The third-order valence-electron chi connectivity index (χ3n) is 4.21. The first-order valence-corrected chi connectivity index (χ1v) is 10.9. The predicted molar refractivity (Wildman–Crippen MR) is 120 cm³/mol. The van der Waals surface area contributed by atoms with Crippen molar-refractivity contribution in [1.29, 1.82) is 0 Å². The number of para-hydroxylation sites is 1. The molecule has 0 aliphatic carbocycles. The van der Waals surface area contributed by atoms with Crippen molar-refractivity contribution in [2.45, 2.75) is 19.9 Å². The van der Waals surface area contributed by atoms with Crippen molar-refractivity contribution in [2.75, 3.05) is 13.2 Å². The summed E-state index contributed by atoms with van der Waals surface area (Å²) in [7, 11) is 0. The first-order chi connectivity index (χ1) is 15.5. The number of imide groups is 1. The van der Waals surface area contributed by atoms with Crippen LogP contribution < -0.4 is 15.4 Å². The zero-order chi connectivity index (χ0) is 22.8. The first kappa shape index (κ1) is 23.0. The monoisotopic (exact) mass is 453 g/mol. The highest BCUT2D eigenvalue weighted by molar-refractivity contribution is 7.13. The van der Waals surface area contributed by atoms with E-state index in [1.165, 1.54) is 11.3 Å². The smallest absolute Gasteiger partial charge is 0.321 e. The Bertz CT molecular complexity index is 1070. The van der Waals surface area contributed by atoms with Gasteiger partial charge in [0.15, 0.2) is 6.61 Å². The van der Waals surface area contributed by atoms with Crippen LogP contribution in [-0.4, -0.2) is 36.1 Å². The average Bonchev–Trinajstić information content (AvgIpc) is 3.26. The maximum absolute atomic E-state index is 12.1. The third-order valence-corrected chi connectivity index (χ3v) is 5.13. The van der Waals surface area contributed by atoms with Crippen molar-refractivity contribution in [2.24, 2.45) is 0 Å². The molecule has 0 saturated carbocycles. The molecule has 166 valence electrons. The van der Waals surface area contributed by atoms with E-state index in [1.54, 1.807) is 5.38 Å². The molecule has 3 rings (SSSR count). The summed E-state index contributed by atoms with van der Waals surface area (Å²) in [5, 5.41) is 7.17. The fourth-order valence-corrected chi connectivity index (χ4v) is 3.62. The number of thiazole rings is 1. The van der Waals surface area contributed by atoms with Crippen LogP contribution in [0.25, 0.3) is 10.6 Å². The summed E-state index contributed by atoms with van der Waals surface area (Å²) >= 11 is 1.39. The van der Waals surface area contributed by atoms with Gasteiger partial charge in [-0.05, 0) is 24.6 Å². The number of hydrogen-bond donors (Lipinski definition) is 2. The zero-order valence-electron chi connectivity index (χ0n) is 17.5. The molecule has 2 N–H and O–H groups in total. The lowest BCUT2D eigenvalue weighted by molar-refractivity contribution is -0.147. The quantitative estimate of drug-likeness (QED) is 0.482. The highest BCUT2D eigenvalue weighted by Gasteiger charge is 2.15. The van der Waals surface area contributed by atoms with Gasteiger partial charge in [-0.15, -0.1) is 11.3 Å². The number of amides is 3. The van der Waals surface area contributed by atoms with Gasteiger partial charge in [0.05, 0.1) is 24.3 Å². The van der Waals surface area contributed by atoms with E-state index in [0.29, 0.717) is 12.3 Å². The molecule has 0 atom stereocenters. The zero-order valence-corrected chi connectivity index (χ0v) is 18.3. The van der Waals surface area contributed by atoms with E-state index in [9.17, 15) is 14.4 Å². The number of aromatic nitrogens is 1. The minimum absolute atomic E-state index is 0.0826. The summed E-state index contributed by atoms with van der Waals surface area (Å²) in [6.45, 7) is 2.16. The molecule has 1 heterocycles. The molecular formula is C23H23N3O5S. The molecular weight excluding hydrogens is 430 g/mol. The number of urea groups is 1. The molecule has 9 heteroatoms. The summed E-state index contributed by atoms with van der Waals surface area (Å²) in [6.07, 6.45) is -0.0826. The van der Waals surface area contributed by atoms with Crippen molar-refractivity contribution in [1.82, 2.24) is 15.6 Å². The normalized spacial score (nSPS) is 10.3. The molecule has 0 spiro atoms. The fraction of sp³-hybridized carbons (Fsp3) is 0.217. The molecule has 0 bridgehead atoms. The van der Waals surface area contributed by atoms with Gasteiger partial charge in [0.1, 0.15) is 10.8 Å². The number of carbonyl (C=O) groups is 3. The van der Waals surface area contributed by atoms with Gasteiger partial charge in [-0.1, -0.05) is 42.5 Å². The van der Waals surface area contributed by atoms with Gasteiger partial charge in [0, 0.05) is 11.9 Å². The Morgan fingerprint density at radius 2 is 1.78 bits per heavy atom. The molecule has 3 amide bonds. The van der Waals surface area contributed by atoms with Crippen LogP contribution >= 0.6 is 11.3 Å². The van der Waals surface area contributed by atoms with Gasteiger partial charge in [0.2, 0.25) is 0 Å². The molecule has 8 nitrogen and oxygen atoms in total. The number of esters is 1. The predicted octanol–water partition coefficient (Wildman–Crippen LogP) is 3.32. The Morgan fingerprint density at radius 1 is 1.03 bits per heavy atom. The second-order valence-electron chi connectivity index (χ2n) is 6.63. The number of benzene rings is 2. The van der Waals surface area contributed by atoms with Crippen molar-refractivity contribution in [3.05, 3.63) is 71.2 Å². The number of rotatable bonds is 9. The summed E-state index contributed by atoms with van der Waals surface area (Å²) < 4.78 is 10.6. The Morgan fingerprint density at radius 3 is 2.56 bits per heavy atom. The van der Waals surface area contributed by atoms with Gasteiger partial charge in [0.25, 0.3) is 5.91 Å². The SMILES string of the molecule is CCOc1ccccc1-c1nc(CC(=O)OCC(=O)NC(=O)NCc2ccccc2)cs1. The van der Waals surface area contributed by atoms with Gasteiger partial charge >= 0.3 is 12.0 Å². The maximum atomic E-state index is 12.1. The molecule has 0 radical (unpaired) electrons. The van der Waals surface area contributed by atoms with Crippen molar-refractivity contribution >= 4 is 29.2 Å². The Hall–Kier alpha value is -3.72. The number of hydrogen-bond acceptors (Lipinski definition) is 7. The van der Waals surface area contributed by atoms with Crippen LogP contribution in [-0.2, 0) is 27.3 Å². The Kier molecular flexibility index (Phi) is 8.33. The van der Waals surface area contributed by atoms with E-state index in [2.05, 4.69) is 15.6 Å². The summed E-state index contributed by atoms with van der Waals surface area (Å²) in [6, 6.07) is 16.1. The van der Waals surface area contributed by atoms with E-state index in [4.69, 9.17) is 9.47 Å². The highest BCUT2D eigenvalue weighted by Crippen LogP contribution is 2.32. The van der Waals surface area contributed by atoms with Crippen LogP contribution in [0.1, 0.15) is 18.2 Å². The third kappa shape index (κ3) is 6.92.